The van der Waals surface area contributed by atoms with E-state index in [0.29, 0.717) is 49.1 Å². The number of ether oxygens (including phenoxy) is 1. The van der Waals surface area contributed by atoms with E-state index in [-0.39, 0.29) is 10.5 Å². The number of hydrogen-bond acceptors (Lipinski definition) is 8. The van der Waals surface area contributed by atoms with Crippen molar-refractivity contribution in [2.24, 2.45) is 0 Å². The van der Waals surface area contributed by atoms with Gasteiger partial charge in [0.1, 0.15) is 18.1 Å². The number of nitrogens with zero attached hydrogens (tertiary/aromatic N) is 2. The third-order valence-corrected chi connectivity index (χ3v) is 6.91. The van der Waals surface area contributed by atoms with Gasteiger partial charge < -0.3 is 24.5 Å². The predicted octanol–water partition coefficient (Wildman–Crippen LogP) is 4.16. The highest BCUT2D eigenvalue weighted by molar-refractivity contribution is 8.18. The highest BCUT2D eigenvalue weighted by Crippen LogP contribution is 2.34. The van der Waals surface area contributed by atoms with E-state index in [2.05, 4.69) is 10.2 Å². The summed E-state index contributed by atoms with van der Waals surface area (Å²) in [6.45, 7) is 2.15. The smallest absolute Gasteiger partial charge is 0.335 e. The summed E-state index contributed by atoms with van der Waals surface area (Å²) < 4.78 is 11.2. The lowest BCUT2D eigenvalue weighted by Gasteiger charge is -2.30. The van der Waals surface area contributed by atoms with Crippen molar-refractivity contribution in [2.75, 3.05) is 43.1 Å². The van der Waals surface area contributed by atoms with Gasteiger partial charge in [-0.2, -0.15) is 0 Å². The fourth-order valence-electron chi connectivity index (χ4n) is 4.15. The molecule has 2 N–H and O–H groups in total. The molecule has 1 aromatic heterocycles. The topological polar surface area (TPSA) is 129 Å². The lowest BCUT2D eigenvalue weighted by atomic mass is 10.1. The number of rotatable bonds is 7. The maximum Gasteiger partial charge on any atom is 0.335 e. The zero-order valence-electron chi connectivity index (χ0n) is 20.1. The van der Waals surface area contributed by atoms with Gasteiger partial charge in [-0.05, 0) is 48.2 Å². The van der Waals surface area contributed by atoms with E-state index in [4.69, 9.17) is 9.15 Å². The summed E-state index contributed by atoms with van der Waals surface area (Å²) in [6, 6.07) is 16.9. The number of nitrogens with one attached hydrogen (secondary N) is 1. The van der Waals surface area contributed by atoms with Crippen molar-refractivity contribution < 1.29 is 33.4 Å². The van der Waals surface area contributed by atoms with Crippen LogP contribution in [-0.2, 0) is 14.3 Å². The molecule has 38 heavy (non-hydrogen) atoms. The Labute approximate surface area is 221 Å². The average molecular weight is 534 g/mol. The standard InChI is InChI=1S/C27H23N3O7S/c31-24(28-20-6-1-2-7-21(20)29-10-12-36-13-11-29)16-30-25(32)23(38-27(30)35)15-19-8-9-22(37-19)17-4-3-5-18(14-17)26(33)34/h1-9,14-15H,10-13,16H2,(H,28,31)(H,33,34)/b23-15+. The first-order valence-electron chi connectivity index (χ1n) is 11.8. The summed E-state index contributed by atoms with van der Waals surface area (Å²) in [7, 11) is 0. The van der Waals surface area contributed by atoms with Crippen LogP contribution >= 0.6 is 11.8 Å². The van der Waals surface area contributed by atoms with Crippen LogP contribution in [0.5, 0.6) is 0 Å². The summed E-state index contributed by atoms with van der Waals surface area (Å²) in [5.41, 5.74) is 2.12. The molecule has 0 atom stereocenters. The molecule has 5 rings (SSSR count). The molecular weight excluding hydrogens is 510 g/mol. The zero-order valence-corrected chi connectivity index (χ0v) is 20.9. The quantitative estimate of drug-likeness (QED) is 0.430. The highest BCUT2D eigenvalue weighted by atomic mass is 32.2. The number of thioether (sulfide) groups is 1. The number of carbonyl (C=O) groups excluding carboxylic acids is 3. The van der Waals surface area contributed by atoms with Crippen molar-refractivity contribution in [3.05, 3.63) is 76.9 Å². The molecule has 10 nitrogen and oxygen atoms in total. The Morgan fingerprint density at radius 1 is 1.03 bits per heavy atom. The largest absolute Gasteiger partial charge is 0.478 e. The molecule has 0 unspecified atom stereocenters. The first kappa shape index (κ1) is 25.3. The van der Waals surface area contributed by atoms with Gasteiger partial charge in [-0.15, -0.1) is 0 Å². The van der Waals surface area contributed by atoms with Crippen LogP contribution in [-0.4, -0.2) is 65.9 Å². The maximum atomic E-state index is 12.9. The summed E-state index contributed by atoms with van der Waals surface area (Å²) in [5, 5.41) is 11.5. The lowest BCUT2D eigenvalue weighted by Crippen LogP contribution is -2.38. The number of carbonyl (C=O) groups is 4. The first-order valence-corrected chi connectivity index (χ1v) is 12.6. The Morgan fingerprint density at radius 3 is 2.61 bits per heavy atom. The Balaban J connectivity index is 1.26. The summed E-state index contributed by atoms with van der Waals surface area (Å²) in [4.78, 5) is 52.6. The zero-order chi connectivity index (χ0) is 26.6. The number of benzene rings is 2. The number of amides is 3. The second-order valence-corrected chi connectivity index (χ2v) is 9.51. The molecule has 3 aromatic rings. The minimum atomic E-state index is -1.05. The van der Waals surface area contributed by atoms with Gasteiger partial charge in [0.25, 0.3) is 11.1 Å². The van der Waals surface area contributed by atoms with Crippen LogP contribution in [0.3, 0.4) is 0 Å². The predicted molar refractivity (Wildman–Crippen MR) is 142 cm³/mol. The first-order chi connectivity index (χ1) is 18.4. The van der Waals surface area contributed by atoms with E-state index in [1.807, 2.05) is 12.1 Å². The number of hydrogen-bond donors (Lipinski definition) is 2. The molecule has 3 amide bonds. The van der Waals surface area contributed by atoms with Gasteiger partial charge in [-0.25, -0.2) is 4.79 Å². The van der Waals surface area contributed by atoms with E-state index < -0.39 is 29.6 Å². The minimum Gasteiger partial charge on any atom is -0.478 e. The van der Waals surface area contributed by atoms with Crippen LogP contribution in [0.2, 0.25) is 0 Å². The second-order valence-electron chi connectivity index (χ2n) is 8.52. The number of para-hydroxylation sites is 2. The third kappa shape index (κ3) is 5.48. The van der Waals surface area contributed by atoms with E-state index in [9.17, 15) is 24.3 Å². The van der Waals surface area contributed by atoms with Crippen LogP contribution in [0.15, 0.2) is 70.0 Å². The van der Waals surface area contributed by atoms with Gasteiger partial charge in [0, 0.05) is 24.7 Å². The van der Waals surface area contributed by atoms with Crippen LogP contribution in [0.25, 0.3) is 17.4 Å². The molecule has 2 aliphatic heterocycles. The molecule has 0 radical (unpaired) electrons. The number of carboxylic acid groups (broad SMARTS) is 1. The maximum absolute atomic E-state index is 12.9. The Kier molecular flexibility index (Phi) is 7.29. The molecule has 2 saturated heterocycles. The molecule has 0 aliphatic carbocycles. The number of carboxylic acids is 1. The Morgan fingerprint density at radius 2 is 1.82 bits per heavy atom. The summed E-state index contributed by atoms with van der Waals surface area (Å²) >= 11 is 0.721. The van der Waals surface area contributed by atoms with E-state index >= 15 is 0 Å². The van der Waals surface area contributed by atoms with Gasteiger partial charge in [-0.1, -0.05) is 24.3 Å². The van der Waals surface area contributed by atoms with Crippen molar-refractivity contribution in [1.82, 2.24) is 4.90 Å². The Bertz CT molecular complexity index is 1440. The van der Waals surface area contributed by atoms with Gasteiger partial charge >= 0.3 is 5.97 Å². The molecule has 0 spiro atoms. The SMILES string of the molecule is O=C(CN1C(=O)S/C(=C/c2ccc(-c3cccc(C(=O)O)c3)o2)C1=O)Nc1ccccc1N1CCOCC1. The van der Waals surface area contributed by atoms with E-state index in [1.165, 1.54) is 18.2 Å². The van der Waals surface area contributed by atoms with Crippen molar-refractivity contribution in [1.29, 1.82) is 0 Å². The molecule has 11 heteroatoms. The minimum absolute atomic E-state index is 0.118. The normalized spacial score (nSPS) is 16.8. The van der Waals surface area contributed by atoms with Crippen molar-refractivity contribution in [3.63, 3.8) is 0 Å². The van der Waals surface area contributed by atoms with Gasteiger partial charge in [0.15, 0.2) is 0 Å². The van der Waals surface area contributed by atoms with Gasteiger partial charge in [0.05, 0.1) is 35.1 Å². The van der Waals surface area contributed by atoms with Crippen LogP contribution in [0.4, 0.5) is 16.2 Å². The van der Waals surface area contributed by atoms with E-state index in [1.54, 1.807) is 36.4 Å². The molecule has 194 valence electrons. The van der Waals surface area contributed by atoms with Crippen LogP contribution in [0, 0.1) is 0 Å². The van der Waals surface area contributed by atoms with E-state index in [0.717, 1.165) is 22.3 Å². The molecule has 2 fully saturated rings. The van der Waals surface area contributed by atoms with Crippen molar-refractivity contribution in [3.8, 4) is 11.3 Å². The fraction of sp³-hybridized carbons (Fsp3) is 0.185. The lowest BCUT2D eigenvalue weighted by molar-refractivity contribution is -0.127. The number of anilines is 2. The summed E-state index contributed by atoms with van der Waals surface area (Å²) in [5.74, 6) is -1.41. The molecule has 0 bridgehead atoms. The number of furan rings is 1. The number of aromatic carboxylic acids is 1. The molecule has 0 saturated carbocycles. The average Bonchev–Trinajstić information content (AvgIpc) is 3.50. The van der Waals surface area contributed by atoms with Crippen molar-refractivity contribution >= 4 is 52.2 Å². The second kappa shape index (κ2) is 11.0. The van der Waals surface area contributed by atoms with Gasteiger partial charge in [0.2, 0.25) is 5.91 Å². The molecule has 2 aliphatic rings. The molecular formula is C27H23N3O7S. The summed E-state index contributed by atoms with van der Waals surface area (Å²) in [6.07, 6.45) is 1.43. The fourth-order valence-corrected chi connectivity index (χ4v) is 4.97. The number of morpholine rings is 1. The molecule has 3 heterocycles. The Hall–Kier alpha value is -4.35. The van der Waals surface area contributed by atoms with Crippen LogP contribution < -0.4 is 10.2 Å². The van der Waals surface area contributed by atoms with Crippen molar-refractivity contribution in [2.45, 2.75) is 0 Å². The number of imide groups is 1. The third-order valence-electron chi connectivity index (χ3n) is 6.00. The van der Waals surface area contributed by atoms with Gasteiger partial charge in [-0.3, -0.25) is 19.3 Å². The van der Waals surface area contributed by atoms with Crippen LogP contribution in [0.1, 0.15) is 16.1 Å². The highest BCUT2D eigenvalue weighted by Gasteiger charge is 2.36. The monoisotopic (exact) mass is 533 g/mol. The molecule has 2 aromatic carbocycles.